The Labute approximate surface area is 185 Å². The number of carboxylic acid groups (broad SMARTS) is 1. The van der Waals surface area contributed by atoms with Crippen LogP contribution in [0.5, 0.6) is 5.75 Å². The molecular formula is C18H21F2N4O8P. The summed E-state index contributed by atoms with van der Waals surface area (Å²) in [5.41, 5.74) is 4.22. The van der Waals surface area contributed by atoms with Gasteiger partial charge in [-0.05, 0) is 25.1 Å². The minimum Gasteiger partial charge on any atom is -0.480 e. The summed E-state index contributed by atoms with van der Waals surface area (Å²) in [5.74, 6) is -5.49. The number of benzene rings is 1. The number of rotatable bonds is 9. The molecule has 1 aromatic heterocycles. The molecule has 1 aromatic carbocycles. The second-order valence-electron chi connectivity index (χ2n) is 7.08. The van der Waals surface area contributed by atoms with Gasteiger partial charge in [-0.15, -0.1) is 0 Å². The summed E-state index contributed by atoms with van der Waals surface area (Å²) in [6.45, 7) is 0.270. The van der Waals surface area contributed by atoms with E-state index in [-0.39, 0.29) is 11.6 Å². The molecule has 0 saturated carbocycles. The molecule has 1 aliphatic rings. The molecule has 12 nitrogen and oxygen atoms in total. The number of nitrogens with one attached hydrogen (secondary N) is 1. The molecule has 15 heteroatoms. The summed E-state index contributed by atoms with van der Waals surface area (Å²) in [6, 6.07) is 7.26. The average Bonchev–Trinajstić information content (AvgIpc) is 2.96. The molecule has 1 saturated heterocycles. The minimum absolute atomic E-state index is 0.0431. The van der Waals surface area contributed by atoms with E-state index in [0.717, 1.165) is 19.2 Å². The highest BCUT2D eigenvalue weighted by molar-refractivity contribution is 7.52. The fourth-order valence-corrected chi connectivity index (χ4v) is 4.39. The number of aliphatic hydroxyl groups is 1. The maximum Gasteiger partial charge on any atom is 0.459 e. The summed E-state index contributed by atoms with van der Waals surface area (Å²) in [5, 5.41) is 21.4. The Hall–Kier alpha value is -2.90. The number of hydrogen-bond acceptors (Lipinski definition) is 9. The summed E-state index contributed by atoms with van der Waals surface area (Å²) in [6.07, 6.45) is -5.54. The fraction of sp³-hybridized carbons (Fsp3) is 0.389. The van der Waals surface area contributed by atoms with Gasteiger partial charge >= 0.3 is 25.3 Å². The maximum atomic E-state index is 14.7. The van der Waals surface area contributed by atoms with E-state index >= 15 is 0 Å². The van der Waals surface area contributed by atoms with Gasteiger partial charge in [0.15, 0.2) is 6.10 Å². The van der Waals surface area contributed by atoms with Gasteiger partial charge in [0, 0.05) is 6.20 Å². The number of alkyl halides is 2. The van der Waals surface area contributed by atoms with Crippen molar-refractivity contribution < 1.29 is 42.1 Å². The first-order chi connectivity index (χ1) is 15.4. The van der Waals surface area contributed by atoms with Crippen molar-refractivity contribution in [2.75, 3.05) is 12.3 Å². The molecule has 0 bridgehead atoms. The third-order valence-corrected chi connectivity index (χ3v) is 6.23. The van der Waals surface area contributed by atoms with Crippen LogP contribution in [0.3, 0.4) is 0 Å². The van der Waals surface area contributed by atoms with Crippen molar-refractivity contribution in [3.63, 3.8) is 0 Å². The number of aromatic nitrogens is 2. The van der Waals surface area contributed by atoms with Crippen molar-refractivity contribution in [3.05, 3.63) is 53.1 Å². The predicted molar refractivity (Wildman–Crippen MR) is 109 cm³/mol. The van der Waals surface area contributed by atoms with E-state index < -0.39 is 56.4 Å². The Morgan fingerprint density at radius 2 is 2.06 bits per heavy atom. The number of anilines is 1. The lowest BCUT2D eigenvalue weighted by molar-refractivity contribution is -0.141. The van der Waals surface area contributed by atoms with E-state index in [2.05, 4.69) is 10.1 Å². The van der Waals surface area contributed by atoms with Crippen molar-refractivity contribution in [2.24, 2.45) is 0 Å². The predicted octanol–water partition coefficient (Wildman–Crippen LogP) is 0.985. The molecule has 5 N–H and O–H groups in total. The van der Waals surface area contributed by atoms with Crippen LogP contribution in [0.1, 0.15) is 13.2 Å². The van der Waals surface area contributed by atoms with E-state index in [4.69, 9.17) is 24.6 Å². The largest absolute Gasteiger partial charge is 0.480 e. The molecule has 1 fully saturated rings. The Morgan fingerprint density at radius 1 is 1.39 bits per heavy atom. The van der Waals surface area contributed by atoms with Gasteiger partial charge < -0.3 is 25.2 Å². The molecular weight excluding hydrogens is 469 g/mol. The smallest absolute Gasteiger partial charge is 0.459 e. The molecule has 0 aliphatic carbocycles. The lowest BCUT2D eigenvalue weighted by Crippen LogP contribution is -2.42. The van der Waals surface area contributed by atoms with Crippen molar-refractivity contribution >= 4 is 19.5 Å². The molecule has 0 spiro atoms. The topological polar surface area (TPSA) is 175 Å². The second-order valence-corrected chi connectivity index (χ2v) is 8.77. The zero-order valence-electron chi connectivity index (χ0n) is 17.1. The van der Waals surface area contributed by atoms with Crippen molar-refractivity contribution in [2.45, 2.75) is 37.3 Å². The molecule has 1 aliphatic heterocycles. The van der Waals surface area contributed by atoms with E-state index in [9.17, 15) is 28.0 Å². The summed E-state index contributed by atoms with van der Waals surface area (Å²) >= 11 is 0. The van der Waals surface area contributed by atoms with Gasteiger partial charge in [-0.2, -0.15) is 18.9 Å². The SMILES string of the molecule is C[C@H](NP(=O)(OC[C@H]1O[C@@H](n2ccc(N)nc2=O)C(F)(F)[C@H]1O)Oc1ccccc1)C(=O)O. The van der Waals surface area contributed by atoms with Crippen molar-refractivity contribution in [1.82, 2.24) is 14.6 Å². The Balaban J connectivity index is 1.80. The second kappa shape index (κ2) is 9.53. The Bertz CT molecular complexity index is 1100. The molecule has 180 valence electrons. The van der Waals surface area contributed by atoms with Crippen LogP contribution in [0.4, 0.5) is 14.6 Å². The number of para-hydroxylation sites is 1. The van der Waals surface area contributed by atoms with Gasteiger partial charge in [0.2, 0.25) is 6.23 Å². The highest BCUT2D eigenvalue weighted by atomic mass is 31.2. The quantitative estimate of drug-likeness (QED) is 0.369. The monoisotopic (exact) mass is 490 g/mol. The molecule has 33 heavy (non-hydrogen) atoms. The number of carbonyl (C=O) groups is 1. The number of nitrogens with zero attached hydrogens (tertiary/aromatic N) is 2. The lowest BCUT2D eigenvalue weighted by Gasteiger charge is -2.23. The van der Waals surface area contributed by atoms with E-state index in [1.54, 1.807) is 18.2 Å². The highest BCUT2D eigenvalue weighted by Crippen LogP contribution is 2.47. The molecule has 5 atom stereocenters. The fourth-order valence-electron chi connectivity index (χ4n) is 2.88. The van der Waals surface area contributed by atoms with Crippen molar-refractivity contribution in [3.8, 4) is 5.75 Å². The number of halogens is 2. The number of aliphatic hydroxyl groups excluding tert-OH is 1. The molecule has 2 aromatic rings. The van der Waals surface area contributed by atoms with Crippen LogP contribution in [0.25, 0.3) is 0 Å². The molecule has 0 radical (unpaired) electrons. The van der Waals surface area contributed by atoms with Crippen LogP contribution in [-0.2, 0) is 18.6 Å². The van der Waals surface area contributed by atoms with Crippen LogP contribution in [0.2, 0.25) is 0 Å². The molecule has 3 rings (SSSR count). The van der Waals surface area contributed by atoms with Crippen LogP contribution >= 0.6 is 7.75 Å². The summed E-state index contributed by atoms with van der Waals surface area (Å²) in [4.78, 5) is 26.5. The van der Waals surface area contributed by atoms with E-state index in [0.29, 0.717) is 4.57 Å². The van der Waals surface area contributed by atoms with Gasteiger partial charge in [-0.1, -0.05) is 18.2 Å². The van der Waals surface area contributed by atoms with Crippen molar-refractivity contribution in [1.29, 1.82) is 0 Å². The highest BCUT2D eigenvalue weighted by Gasteiger charge is 2.60. The minimum atomic E-state index is -4.44. The van der Waals surface area contributed by atoms with Gasteiger partial charge in [0.1, 0.15) is 23.7 Å². The van der Waals surface area contributed by atoms with Gasteiger partial charge in [0.25, 0.3) is 0 Å². The zero-order valence-corrected chi connectivity index (χ0v) is 18.0. The van der Waals surface area contributed by atoms with Crippen LogP contribution in [0, 0.1) is 0 Å². The first-order valence-corrected chi connectivity index (χ1v) is 11.0. The maximum absolute atomic E-state index is 14.7. The number of aliphatic carboxylic acids is 1. The summed E-state index contributed by atoms with van der Waals surface area (Å²) in [7, 11) is -4.44. The van der Waals surface area contributed by atoms with Crippen LogP contribution in [-0.4, -0.2) is 56.5 Å². The van der Waals surface area contributed by atoms with E-state index in [1.165, 1.54) is 12.1 Å². The zero-order chi connectivity index (χ0) is 24.4. The Morgan fingerprint density at radius 3 is 2.67 bits per heavy atom. The molecule has 1 unspecified atom stereocenters. The van der Waals surface area contributed by atoms with Gasteiger partial charge in [0.05, 0.1) is 6.61 Å². The third-order valence-electron chi connectivity index (χ3n) is 4.58. The standard InChI is InChI=1S/C18H21F2N4O8P/c1-10(15(26)27)23-33(29,32-11-5-3-2-4-6-11)30-9-12-14(25)18(19,20)16(31-12)24-8-7-13(21)22-17(24)28/h2-8,10,12,14,16,25H,9H2,1H3,(H,23,29)(H,26,27)(H2,21,22,28)/t10-,12+,14-,16+,33?/m0/s1. The third kappa shape index (κ3) is 5.54. The first-order valence-electron chi connectivity index (χ1n) is 9.49. The number of carboxylic acids is 1. The van der Waals surface area contributed by atoms with E-state index in [1.807, 2.05) is 0 Å². The molecule has 2 heterocycles. The Kier molecular flexibility index (Phi) is 7.14. The van der Waals surface area contributed by atoms with Gasteiger partial charge in [-0.3, -0.25) is 13.9 Å². The number of hydrogen-bond donors (Lipinski definition) is 4. The van der Waals surface area contributed by atoms with Crippen LogP contribution < -0.4 is 21.0 Å². The number of nitrogens with two attached hydrogens (primary N) is 1. The lowest BCUT2D eigenvalue weighted by atomic mass is 10.1. The van der Waals surface area contributed by atoms with Gasteiger partial charge in [-0.25, -0.2) is 9.36 Å². The number of nitrogen functional groups attached to an aromatic ring is 1. The first kappa shape index (κ1) is 24.7. The van der Waals surface area contributed by atoms with Crippen LogP contribution in [0.15, 0.2) is 47.4 Å². The summed E-state index contributed by atoms with van der Waals surface area (Å²) < 4.78 is 58.5. The molecule has 0 amide bonds. The number of ether oxygens (including phenoxy) is 1. The normalized spacial score (nSPS) is 24.7. The average molecular weight is 490 g/mol.